The van der Waals surface area contributed by atoms with Crippen LogP contribution in [0.4, 0.5) is 0 Å². The second-order valence-electron chi connectivity index (χ2n) is 14.8. The average molecular weight is 472 g/mol. The Bertz CT molecular complexity index is 826. The lowest BCUT2D eigenvalue weighted by molar-refractivity contribution is -0.253. The molecule has 0 saturated heterocycles. The van der Waals surface area contributed by atoms with Crippen LogP contribution in [-0.4, -0.2) is 36.5 Å². The standard InChI is InChI=1S/C31H53NO2/c1-20(2)21-10-15-31(18-32-7)17-16-29(5)22(26(21)31)8-9-24-27(3)13-12-25(34)28(4,19-33)23(27)11-14-30(24,29)6/h21-26,32-34H,1,8-19H2,2-7H3/t21-,22?,23?,24?,25-,26?,27-,28-,29+,30+,31+/m0/s1. The van der Waals surface area contributed by atoms with Crippen molar-refractivity contribution in [2.24, 2.45) is 56.7 Å². The Hall–Kier alpha value is -0.380. The van der Waals surface area contributed by atoms with E-state index in [4.69, 9.17) is 0 Å². The molecule has 0 bridgehead atoms. The van der Waals surface area contributed by atoms with Crippen LogP contribution in [0.1, 0.15) is 98.8 Å². The van der Waals surface area contributed by atoms with E-state index in [0.717, 1.165) is 31.1 Å². The van der Waals surface area contributed by atoms with Gasteiger partial charge in [-0.25, -0.2) is 0 Å². The lowest BCUT2D eigenvalue weighted by Crippen LogP contribution is -2.67. The van der Waals surface area contributed by atoms with Crippen molar-refractivity contribution < 1.29 is 10.2 Å². The highest BCUT2D eigenvalue weighted by Gasteiger charge is 2.71. The first-order valence-corrected chi connectivity index (χ1v) is 14.5. The third kappa shape index (κ3) is 2.99. The Kier molecular flexibility index (Phi) is 5.99. The van der Waals surface area contributed by atoms with Gasteiger partial charge in [-0.2, -0.15) is 0 Å². The number of rotatable bonds is 4. The zero-order chi connectivity index (χ0) is 24.7. The van der Waals surface area contributed by atoms with E-state index in [1.165, 1.54) is 57.1 Å². The first-order chi connectivity index (χ1) is 15.9. The van der Waals surface area contributed by atoms with E-state index in [9.17, 15) is 10.2 Å². The minimum atomic E-state index is -0.362. The summed E-state index contributed by atoms with van der Waals surface area (Å²) in [6, 6.07) is 0. The van der Waals surface area contributed by atoms with E-state index in [2.05, 4.69) is 53.6 Å². The molecule has 0 heterocycles. The fourth-order valence-corrected chi connectivity index (χ4v) is 12.0. The summed E-state index contributed by atoms with van der Waals surface area (Å²) < 4.78 is 0. The minimum absolute atomic E-state index is 0.118. The van der Waals surface area contributed by atoms with Crippen LogP contribution in [-0.2, 0) is 0 Å². The highest BCUT2D eigenvalue weighted by Crippen LogP contribution is 2.77. The summed E-state index contributed by atoms with van der Waals surface area (Å²) >= 11 is 0. The molecular formula is C31H53NO2. The molecule has 5 fully saturated rings. The first-order valence-electron chi connectivity index (χ1n) is 14.5. The summed E-state index contributed by atoms with van der Waals surface area (Å²) in [4.78, 5) is 0. The smallest absolute Gasteiger partial charge is 0.0618 e. The van der Waals surface area contributed by atoms with Crippen LogP contribution in [0.5, 0.6) is 0 Å². The van der Waals surface area contributed by atoms with Crippen LogP contribution in [0.15, 0.2) is 12.2 Å². The van der Waals surface area contributed by atoms with Crippen molar-refractivity contribution in [1.82, 2.24) is 5.32 Å². The average Bonchev–Trinajstić information content (AvgIpc) is 3.17. The van der Waals surface area contributed by atoms with Gasteiger partial charge in [0.25, 0.3) is 0 Å². The molecule has 194 valence electrons. The van der Waals surface area contributed by atoms with Gasteiger partial charge < -0.3 is 15.5 Å². The highest BCUT2D eigenvalue weighted by molar-refractivity contribution is 5.22. The van der Waals surface area contributed by atoms with Gasteiger partial charge in [-0.15, -0.1) is 0 Å². The molecule has 0 aromatic carbocycles. The monoisotopic (exact) mass is 471 g/mol. The number of hydrogen-bond acceptors (Lipinski definition) is 3. The Morgan fingerprint density at radius 3 is 2.26 bits per heavy atom. The van der Waals surface area contributed by atoms with E-state index >= 15 is 0 Å². The molecule has 3 N–H and O–H groups in total. The first kappa shape index (κ1) is 25.3. The van der Waals surface area contributed by atoms with Crippen molar-refractivity contribution in [3.05, 3.63) is 12.2 Å². The molecule has 34 heavy (non-hydrogen) atoms. The van der Waals surface area contributed by atoms with Gasteiger partial charge in [-0.05, 0) is 129 Å². The lowest BCUT2D eigenvalue weighted by Gasteiger charge is -2.73. The fraction of sp³-hybridized carbons (Fsp3) is 0.935. The number of nitrogens with one attached hydrogen (secondary N) is 1. The summed E-state index contributed by atoms with van der Waals surface area (Å²) in [6.07, 6.45) is 12.2. The molecule has 0 aromatic rings. The number of aliphatic hydroxyl groups is 2. The lowest BCUT2D eigenvalue weighted by atomic mass is 9.32. The normalized spacial score (nSPS) is 56.7. The molecule has 5 rings (SSSR count). The molecule has 11 atom stereocenters. The van der Waals surface area contributed by atoms with Gasteiger partial charge in [0.15, 0.2) is 0 Å². The predicted molar refractivity (Wildman–Crippen MR) is 140 cm³/mol. The Morgan fingerprint density at radius 2 is 1.62 bits per heavy atom. The largest absolute Gasteiger partial charge is 0.396 e. The second-order valence-corrected chi connectivity index (χ2v) is 14.8. The summed E-state index contributed by atoms with van der Waals surface area (Å²) in [5, 5.41) is 25.0. The van der Waals surface area contributed by atoms with Gasteiger partial charge in [-0.3, -0.25) is 0 Å². The SMILES string of the molecule is C=C(C)[C@@H]1CC[C@]2(CNC)CC[C@]3(C)C(CCC4[C@@]5(C)CC[C@H](O)[C@@](C)(CO)C5CC[C@]43C)C12. The van der Waals surface area contributed by atoms with Crippen molar-refractivity contribution in [3.8, 4) is 0 Å². The Labute approximate surface area is 209 Å². The summed E-state index contributed by atoms with van der Waals surface area (Å²) in [6.45, 7) is 18.2. The fourth-order valence-electron chi connectivity index (χ4n) is 12.0. The molecule has 0 spiro atoms. The molecule has 0 aliphatic heterocycles. The number of hydrogen-bond donors (Lipinski definition) is 3. The third-order valence-electron chi connectivity index (χ3n) is 13.9. The molecule has 0 radical (unpaired) electrons. The van der Waals surface area contributed by atoms with Crippen LogP contribution in [0.25, 0.3) is 0 Å². The summed E-state index contributed by atoms with van der Waals surface area (Å²) in [5.41, 5.74) is 2.47. The van der Waals surface area contributed by atoms with Crippen LogP contribution >= 0.6 is 0 Å². The quantitative estimate of drug-likeness (QED) is 0.428. The Balaban J connectivity index is 1.54. The second kappa shape index (κ2) is 8.06. The van der Waals surface area contributed by atoms with E-state index < -0.39 is 0 Å². The third-order valence-corrected chi connectivity index (χ3v) is 13.9. The molecular weight excluding hydrogens is 418 g/mol. The van der Waals surface area contributed by atoms with Gasteiger partial charge in [-0.1, -0.05) is 39.8 Å². The molecule has 5 aliphatic carbocycles. The number of aliphatic hydroxyl groups excluding tert-OH is 2. The topological polar surface area (TPSA) is 52.5 Å². The van der Waals surface area contributed by atoms with Crippen LogP contribution in [0.3, 0.4) is 0 Å². The summed E-state index contributed by atoms with van der Waals surface area (Å²) in [7, 11) is 2.16. The molecule has 4 unspecified atom stereocenters. The predicted octanol–water partition coefficient (Wildman–Crippen LogP) is 6.20. The maximum absolute atomic E-state index is 11.0. The van der Waals surface area contributed by atoms with Crippen LogP contribution < -0.4 is 5.32 Å². The van der Waals surface area contributed by atoms with E-state index in [0.29, 0.717) is 34.0 Å². The van der Waals surface area contributed by atoms with Crippen molar-refractivity contribution in [2.75, 3.05) is 20.2 Å². The van der Waals surface area contributed by atoms with Crippen LogP contribution in [0.2, 0.25) is 0 Å². The zero-order valence-electron chi connectivity index (χ0n) is 23.1. The molecule has 0 aromatic heterocycles. The van der Waals surface area contributed by atoms with Gasteiger partial charge >= 0.3 is 0 Å². The number of fused-ring (bicyclic) bond motifs is 7. The highest BCUT2D eigenvalue weighted by atomic mass is 16.3. The van der Waals surface area contributed by atoms with Gasteiger partial charge in [0.05, 0.1) is 12.7 Å². The summed E-state index contributed by atoms with van der Waals surface area (Å²) in [5.74, 6) is 3.37. The maximum atomic E-state index is 11.0. The molecule has 5 aliphatic rings. The van der Waals surface area contributed by atoms with Crippen molar-refractivity contribution >= 4 is 0 Å². The Morgan fingerprint density at radius 1 is 0.882 bits per heavy atom. The van der Waals surface area contributed by atoms with E-state index in [1.54, 1.807) is 0 Å². The van der Waals surface area contributed by atoms with E-state index in [1.807, 2.05) is 0 Å². The molecule has 3 nitrogen and oxygen atoms in total. The molecule has 3 heteroatoms. The van der Waals surface area contributed by atoms with Crippen molar-refractivity contribution in [1.29, 1.82) is 0 Å². The van der Waals surface area contributed by atoms with Gasteiger partial charge in [0, 0.05) is 12.0 Å². The maximum Gasteiger partial charge on any atom is 0.0618 e. The van der Waals surface area contributed by atoms with Crippen molar-refractivity contribution in [3.63, 3.8) is 0 Å². The van der Waals surface area contributed by atoms with E-state index in [-0.39, 0.29) is 23.5 Å². The van der Waals surface area contributed by atoms with Crippen LogP contribution in [0, 0.1) is 56.7 Å². The van der Waals surface area contributed by atoms with Gasteiger partial charge in [0.1, 0.15) is 0 Å². The van der Waals surface area contributed by atoms with Crippen molar-refractivity contribution in [2.45, 2.75) is 105 Å². The minimum Gasteiger partial charge on any atom is -0.396 e. The molecule has 5 saturated carbocycles. The number of allylic oxidation sites excluding steroid dienone is 1. The molecule has 0 amide bonds. The zero-order valence-corrected chi connectivity index (χ0v) is 23.1. The van der Waals surface area contributed by atoms with Gasteiger partial charge in [0.2, 0.25) is 0 Å².